The van der Waals surface area contributed by atoms with E-state index in [1.165, 1.54) is 19.2 Å². The SMILES string of the molecule is C=C/C=C(\C(=NC)N1CCN(C(=O)OC(C)(C)C)CC1)S(N)(=O)=O. The van der Waals surface area contributed by atoms with E-state index >= 15 is 0 Å². The Kier molecular flexibility index (Phi) is 6.56. The summed E-state index contributed by atoms with van der Waals surface area (Å²) in [6, 6.07) is 0. The molecular formula is C15H26N4O4S. The minimum Gasteiger partial charge on any atom is -0.444 e. The number of allylic oxidation sites excluding steroid dienone is 2. The van der Waals surface area contributed by atoms with Crippen molar-refractivity contribution in [1.82, 2.24) is 9.80 Å². The molecule has 0 spiro atoms. The highest BCUT2D eigenvalue weighted by Crippen LogP contribution is 2.15. The van der Waals surface area contributed by atoms with E-state index < -0.39 is 15.6 Å². The Hall–Kier alpha value is -1.87. The van der Waals surface area contributed by atoms with Crippen molar-refractivity contribution in [1.29, 1.82) is 0 Å². The maximum absolute atomic E-state index is 12.1. The van der Waals surface area contributed by atoms with Crippen LogP contribution in [0.15, 0.2) is 28.6 Å². The third-order valence-corrected chi connectivity index (χ3v) is 4.17. The number of carbonyl (C=O) groups excluding carboxylic acids is 1. The zero-order valence-corrected chi connectivity index (χ0v) is 15.5. The quantitative estimate of drug-likeness (QED) is 0.459. The second-order valence-corrected chi connectivity index (χ2v) is 7.84. The molecule has 0 aliphatic carbocycles. The molecule has 1 rings (SSSR count). The molecule has 1 aliphatic heterocycles. The average Bonchev–Trinajstić information content (AvgIpc) is 2.45. The number of hydrogen-bond donors (Lipinski definition) is 1. The van der Waals surface area contributed by atoms with Crippen LogP contribution in [0.2, 0.25) is 0 Å². The van der Waals surface area contributed by atoms with Crippen molar-refractivity contribution in [2.75, 3.05) is 33.2 Å². The number of hydrogen-bond acceptors (Lipinski definition) is 5. The van der Waals surface area contributed by atoms with Crippen LogP contribution in [-0.2, 0) is 14.8 Å². The molecule has 1 saturated heterocycles. The fraction of sp³-hybridized carbons (Fsp3) is 0.600. The van der Waals surface area contributed by atoms with E-state index in [-0.39, 0.29) is 16.8 Å². The molecule has 0 aromatic rings. The van der Waals surface area contributed by atoms with E-state index in [0.717, 1.165) is 0 Å². The molecule has 0 unspecified atom stereocenters. The lowest BCUT2D eigenvalue weighted by molar-refractivity contribution is 0.0187. The smallest absolute Gasteiger partial charge is 0.410 e. The summed E-state index contributed by atoms with van der Waals surface area (Å²) in [4.78, 5) is 19.4. The Morgan fingerprint density at radius 3 is 2.08 bits per heavy atom. The molecular weight excluding hydrogens is 332 g/mol. The molecule has 136 valence electrons. The number of aliphatic imine (C=N–C) groups is 1. The third-order valence-electron chi connectivity index (χ3n) is 3.24. The number of sulfonamides is 1. The Morgan fingerprint density at radius 1 is 1.21 bits per heavy atom. The molecule has 0 aromatic carbocycles. The number of carbonyl (C=O) groups is 1. The third kappa shape index (κ3) is 5.64. The number of rotatable bonds is 3. The monoisotopic (exact) mass is 358 g/mol. The predicted octanol–water partition coefficient (Wildman–Crippen LogP) is 0.926. The van der Waals surface area contributed by atoms with Crippen LogP contribution in [-0.4, -0.2) is 69.0 Å². The molecule has 1 fully saturated rings. The van der Waals surface area contributed by atoms with Gasteiger partial charge in [0.2, 0.25) is 10.0 Å². The molecule has 9 heteroatoms. The lowest BCUT2D eigenvalue weighted by Gasteiger charge is -2.37. The predicted molar refractivity (Wildman–Crippen MR) is 94.1 cm³/mol. The van der Waals surface area contributed by atoms with Gasteiger partial charge in [-0.05, 0) is 26.8 Å². The van der Waals surface area contributed by atoms with Gasteiger partial charge in [-0.3, -0.25) is 4.99 Å². The van der Waals surface area contributed by atoms with Crippen LogP contribution in [0.1, 0.15) is 20.8 Å². The van der Waals surface area contributed by atoms with Gasteiger partial charge in [0.1, 0.15) is 16.3 Å². The van der Waals surface area contributed by atoms with Crippen molar-refractivity contribution in [3.05, 3.63) is 23.6 Å². The second-order valence-electron chi connectivity index (χ2n) is 6.31. The van der Waals surface area contributed by atoms with E-state index in [2.05, 4.69) is 11.6 Å². The summed E-state index contributed by atoms with van der Waals surface area (Å²) in [5.41, 5.74) is -0.558. The van der Waals surface area contributed by atoms with Crippen LogP contribution in [0.25, 0.3) is 0 Å². The van der Waals surface area contributed by atoms with Crippen LogP contribution in [0.3, 0.4) is 0 Å². The van der Waals surface area contributed by atoms with Crippen LogP contribution in [0.5, 0.6) is 0 Å². The lowest BCUT2D eigenvalue weighted by Crippen LogP contribution is -2.52. The van der Waals surface area contributed by atoms with Crippen LogP contribution < -0.4 is 5.14 Å². The van der Waals surface area contributed by atoms with Crippen LogP contribution in [0, 0.1) is 0 Å². The van der Waals surface area contributed by atoms with Gasteiger partial charge in [0, 0.05) is 33.2 Å². The number of amidine groups is 1. The van der Waals surface area contributed by atoms with Gasteiger partial charge in [-0.15, -0.1) is 0 Å². The molecule has 1 aliphatic rings. The van der Waals surface area contributed by atoms with Gasteiger partial charge in [0.05, 0.1) is 0 Å². The van der Waals surface area contributed by atoms with Crippen molar-refractivity contribution in [2.24, 2.45) is 10.1 Å². The van der Waals surface area contributed by atoms with Crippen LogP contribution in [0.4, 0.5) is 4.79 Å². The molecule has 0 saturated carbocycles. The molecule has 2 N–H and O–H groups in total. The molecule has 8 nitrogen and oxygen atoms in total. The molecule has 1 heterocycles. The Labute approximate surface area is 143 Å². The highest BCUT2D eigenvalue weighted by Gasteiger charge is 2.29. The summed E-state index contributed by atoms with van der Waals surface area (Å²) < 4.78 is 28.9. The number of nitrogens with two attached hydrogens (primary N) is 1. The largest absolute Gasteiger partial charge is 0.444 e. The number of ether oxygens (including phenoxy) is 1. The number of nitrogens with zero attached hydrogens (tertiary/aromatic N) is 3. The van der Waals surface area contributed by atoms with E-state index in [0.29, 0.717) is 26.2 Å². The standard InChI is InChI=1S/C15H26N4O4S/c1-6-7-12(24(16,21)22)13(17-5)18-8-10-19(11-9-18)14(20)23-15(2,3)4/h6-7H,1,8-11H2,2-5H3,(H2,16,21,22)/b12-7+,17-13?. The van der Waals surface area contributed by atoms with E-state index in [4.69, 9.17) is 9.88 Å². The molecule has 0 atom stereocenters. The van der Waals surface area contributed by atoms with Gasteiger partial charge in [0.25, 0.3) is 0 Å². The first kappa shape index (κ1) is 20.2. The average molecular weight is 358 g/mol. The van der Waals surface area contributed by atoms with Gasteiger partial charge in [-0.25, -0.2) is 18.4 Å². The first-order chi connectivity index (χ1) is 11.0. The van der Waals surface area contributed by atoms with Crippen molar-refractivity contribution in [3.63, 3.8) is 0 Å². The van der Waals surface area contributed by atoms with Gasteiger partial charge < -0.3 is 14.5 Å². The number of primary sulfonamides is 1. The van der Waals surface area contributed by atoms with Gasteiger partial charge in [-0.2, -0.15) is 0 Å². The fourth-order valence-electron chi connectivity index (χ4n) is 2.24. The normalized spacial score (nSPS) is 17.7. The summed E-state index contributed by atoms with van der Waals surface area (Å²) in [5.74, 6) is 0.265. The minimum absolute atomic E-state index is 0.0919. The summed E-state index contributed by atoms with van der Waals surface area (Å²) in [6.07, 6.45) is 2.28. The Bertz CT molecular complexity index is 639. The van der Waals surface area contributed by atoms with E-state index in [1.807, 2.05) is 20.8 Å². The lowest BCUT2D eigenvalue weighted by atomic mass is 10.2. The van der Waals surface area contributed by atoms with Crippen molar-refractivity contribution < 1.29 is 17.9 Å². The van der Waals surface area contributed by atoms with Gasteiger partial charge in [-0.1, -0.05) is 12.7 Å². The minimum atomic E-state index is -3.93. The number of piperazine rings is 1. The summed E-state index contributed by atoms with van der Waals surface area (Å²) in [6.45, 7) is 10.6. The highest BCUT2D eigenvalue weighted by molar-refractivity contribution is 7.94. The zero-order valence-electron chi connectivity index (χ0n) is 14.7. The van der Waals surface area contributed by atoms with Crippen molar-refractivity contribution in [3.8, 4) is 0 Å². The molecule has 1 amide bonds. The Morgan fingerprint density at radius 2 is 1.71 bits per heavy atom. The Balaban J connectivity index is 2.84. The van der Waals surface area contributed by atoms with E-state index in [9.17, 15) is 13.2 Å². The van der Waals surface area contributed by atoms with Crippen molar-refractivity contribution in [2.45, 2.75) is 26.4 Å². The molecule has 0 radical (unpaired) electrons. The second kappa shape index (κ2) is 7.80. The first-order valence-electron chi connectivity index (χ1n) is 7.55. The molecule has 0 bridgehead atoms. The fourth-order valence-corrected chi connectivity index (χ4v) is 3.00. The number of amides is 1. The summed E-state index contributed by atoms with van der Waals surface area (Å²) in [5, 5.41) is 5.26. The van der Waals surface area contributed by atoms with Crippen LogP contribution >= 0.6 is 0 Å². The first-order valence-corrected chi connectivity index (χ1v) is 9.10. The maximum atomic E-state index is 12.1. The molecule has 24 heavy (non-hydrogen) atoms. The molecule has 0 aromatic heterocycles. The summed E-state index contributed by atoms with van der Waals surface area (Å²) in [7, 11) is -2.43. The topological polar surface area (TPSA) is 105 Å². The zero-order chi connectivity index (χ0) is 18.5. The van der Waals surface area contributed by atoms with E-state index in [1.54, 1.807) is 9.80 Å². The van der Waals surface area contributed by atoms with Gasteiger partial charge >= 0.3 is 6.09 Å². The summed E-state index contributed by atoms with van der Waals surface area (Å²) >= 11 is 0. The van der Waals surface area contributed by atoms with Gasteiger partial charge in [0.15, 0.2) is 0 Å². The van der Waals surface area contributed by atoms with Crippen molar-refractivity contribution >= 4 is 22.0 Å². The maximum Gasteiger partial charge on any atom is 0.410 e. The highest BCUT2D eigenvalue weighted by atomic mass is 32.2.